The molecule has 0 fully saturated rings. The molecule has 0 radical (unpaired) electrons. The normalized spacial score (nSPS) is 10.8. The van der Waals surface area contributed by atoms with Gasteiger partial charge in [0.2, 0.25) is 0 Å². The Balaban J connectivity index is 4.01. The van der Waals surface area contributed by atoms with Crippen molar-refractivity contribution in [3.8, 4) is 11.8 Å². The van der Waals surface area contributed by atoms with Gasteiger partial charge in [-0.25, -0.2) is 0 Å². The third-order valence-corrected chi connectivity index (χ3v) is 2.03. The monoisotopic (exact) mass is 167 g/mol. The third-order valence-electron chi connectivity index (χ3n) is 0.862. The van der Waals surface area contributed by atoms with Gasteiger partial charge in [-0.05, 0) is 12.0 Å². The van der Waals surface area contributed by atoms with E-state index in [1.165, 1.54) is 0 Å². The van der Waals surface area contributed by atoms with Crippen LogP contribution in [0.25, 0.3) is 0 Å². The van der Waals surface area contributed by atoms with Crippen LogP contribution in [0.5, 0.6) is 0 Å². The van der Waals surface area contributed by atoms with Crippen LogP contribution in [0.4, 0.5) is 0 Å². The number of hydrogen-bond acceptors (Lipinski definition) is 1. The Morgan fingerprint density at radius 1 is 1.45 bits per heavy atom. The van der Waals surface area contributed by atoms with Crippen molar-refractivity contribution in [1.82, 2.24) is 0 Å². The predicted molar refractivity (Wildman–Crippen MR) is 49.5 cm³/mol. The molecule has 0 aliphatic heterocycles. The molecule has 3 heteroatoms. The minimum atomic E-state index is -1.16. The van der Waals surface area contributed by atoms with Crippen molar-refractivity contribution in [2.45, 2.75) is 19.6 Å². The highest BCUT2D eigenvalue weighted by Crippen LogP contribution is 2.00. The summed E-state index contributed by atoms with van der Waals surface area (Å²) in [7, 11) is -1.16. The molecule has 0 rings (SSSR count). The summed E-state index contributed by atoms with van der Waals surface area (Å²) in [6, 6.07) is 0. The van der Waals surface area contributed by atoms with Gasteiger partial charge < -0.3 is 5.73 Å². The molecule has 2 nitrogen and oxygen atoms in total. The highest BCUT2D eigenvalue weighted by Gasteiger charge is 2.05. The molecule has 60 valence electrons. The van der Waals surface area contributed by atoms with Crippen LogP contribution in [0.2, 0.25) is 19.6 Å². The van der Waals surface area contributed by atoms with Gasteiger partial charge in [0, 0.05) is 0 Å². The zero-order chi connectivity index (χ0) is 8.91. The molecule has 0 atom stereocenters. The molecule has 0 heterocycles. The Bertz CT molecular complexity index is 227. The fraction of sp³-hybridized carbons (Fsp3) is 0.375. The molecule has 0 unspecified atom stereocenters. The fourth-order valence-corrected chi connectivity index (χ4v) is 0.988. The number of amides is 1. The Morgan fingerprint density at radius 2 is 2.00 bits per heavy atom. The summed E-state index contributed by atoms with van der Waals surface area (Å²) in [5.74, 6) is 4.23. The summed E-state index contributed by atoms with van der Waals surface area (Å²) < 4.78 is 0. The maximum absolute atomic E-state index is 10.1. The van der Waals surface area contributed by atoms with Crippen molar-refractivity contribution in [3.63, 3.8) is 0 Å². The molecule has 0 aliphatic rings. The first kappa shape index (κ1) is 9.99. The molecule has 0 bridgehead atoms. The number of rotatable bonds is 1. The molecule has 0 aromatic heterocycles. The number of nitrogens with two attached hydrogens (primary N) is 1. The zero-order valence-corrected chi connectivity index (χ0v) is 8.14. The van der Waals surface area contributed by atoms with Gasteiger partial charge in [-0.2, -0.15) is 0 Å². The standard InChI is InChI=1S/C8H13NOSi/c1-11(2,3)7-5-4-6-8(9)10/h5,7H,1-3H3,(H2,9,10)/b7-5+. The van der Waals surface area contributed by atoms with Crippen molar-refractivity contribution < 1.29 is 4.79 Å². The molecule has 0 aromatic carbocycles. The average Bonchev–Trinajstić information content (AvgIpc) is 1.78. The van der Waals surface area contributed by atoms with Gasteiger partial charge in [-0.3, -0.25) is 4.79 Å². The van der Waals surface area contributed by atoms with E-state index in [0.29, 0.717) is 0 Å². The van der Waals surface area contributed by atoms with Crippen LogP contribution in [0, 0.1) is 11.8 Å². The second-order valence-electron chi connectivity index (χ2n) is 3.33. The number of primary amides is 1. The highest BCUT2D eigenvalue weighted by molar-refractivity contribution is 6.81. The predicted octanol–water partition coefficient (Wildman–Crippen LogP) is 0.909. The first-order valence-electron chi connectivity index (χ1n) is 3.40. The van der Waals surface area contributed by atoms with Gasteiger partial charge in [0.25, 0.3) is 5.91 Å². The summed E-state index contributed by atoms with van der Waals surface area (Å²) in [4.78, 5) is 10.1. The third kappa shape index (κ3) is 8.99. The second kappa shape index (κ2) is 3.99. The fourth-order valence-electron chi connectivity index (χ4n) is 0.404. The Kier molecular flexibility index (Phi) is 3.62. The van der Waals surface area contributed by atoms with E-state index in [0.717, 1.165) is 0 Å². The SMILES string of the molecule is C[Si](C)(C)/C=C/C#CC(N)=O. The van der Waals surface area contributed by atoms with Crippen LogP contribution in [-0.2, 0) is 4.79 Å². The lowest BCUT2D eigenvalue weighted by molar-refractivity contribution is -0.112. The van der Waals surface area contributed by atoms with E-state index in [1.54, 1.807) is 6.08 Å². The number of allylic oxidation sites excluding steroid dienone is 1. The van der Waals surface area contributed by atoms with Gasteiger partial charge in [0.05, 0.1) is 8.07 Å². The van der Waals surface area contributed by atoms with Gasteiger partial charge in [-0.1, -0.05) is 31.3 Å². The van der Waals surface area contributed by atoms with Gasteiger partial charge in [0.1, 0.15) is 0 Å². The molecule has 11 heavy (non-hydrogen) atoms. The number of carbonyl (C=O) groups is 1. The second-order valence-corrected chi connectivity index (χ2v) is 8.40. The summed E-state index contributed by atoms with van der Waals surface area (Å²) in [5, 5.41) is 0. The zero-order valence-electron chi connectivity index (χ0n) is 7.14. The topological polar surface area (TPSA) is 43.1 Å². The lowest BCUT2D eigenvalue weighted by Crippen LogP contribution is -2.15. The molecule has 0 saturated heterocycles. The van der Waals surface area contributed by atoms with Crippen molar-refractivity contribution >= 4 is 14.0 Å². The quantitative estimate of drug-likeness (QED) is 0.458. The van der Waals surface area contributed by atoms with E-state index >= 15 is 0 Å². The molecule has 0 saturated carbocycles. The minimum Gasteiger partial charge on any atom is -0.359 e. The maximum atomic E-state index is 10.1. The van der Waals surface area contributed by atoms with Crippen LogP contribution in [0.1, 0.15) is 0 Å². The molecular formula is C8H13NOSi. The van der Waals surface area contributed by atoms with Crippen LogP contribution >= 0.6 is 0 Å². The molecule has 0 spiro atoms. The molecule has 0 aliphatic carbocycles. The lowest BCUT2D eigenvalue weighted by atomic mass is 10.5. The molecule has 1 amide bonds. The van der Waals surface area contributed by atoms with E-state index in [4.69, 9.17) is 5.73 Å². The first-order valence-corrected chi connectivity index (χ1v) is 6.98. The average molecular weight is 167 g/mol. The smallest absolute Gasteiger partial charge is 0.293 e. The number of hydrogen-bond donors (Lipinski definition) is 1. The van der Waals surface area contributed by atoms with Crippen molar-refractivity contribution in [1.29, 1.82) is 0 Å². The van der Waals surface area contributed by atoms with Crippen molar-refractivity contribution in [2.75, 3.05) is 0 Å². The van der Waals surface area contributed by atoms with Crippen molar-refractivity contribution in [3.05, 3.63) is 11.8 Å². The summed E-state index contributed by atoms with van der Waals surface area (Å²) in [5.41, 5.74) is 6.87. The Hall–Kier alpha value is -1.01. The summed E-state index contributed by atoms with van der Waals surface area (Å²) >= 11 is 0. The van der Waals surface area contributed by atoms with E-state index in [9.17, 15) is 4.79 Å². The summed E-state index contributed by atoms with van der Waals surface area (Å²) in [6.45, 7) is 6.57. The van der Waals surface area contributed by atoms with E-state index in [-0.39, 0.29) is 0 Å². The Labute approximate surface area is 68.5 Å². The summed E-state index contributed by atoms with van der Waals surface area (Å²) in [6.07, 6.45) is 1.71. The van der Waals surface area contributed by atoms with E-state index in [1.807, 2.05) is 0 Å². The first-order chi connectivity index (χ1) is 4.92. The Morgan fingerprint density at radius 3 is 2.36 bits per heavy atom. The molecular weight excluding hydrogens is 154 g/mol. The van der Waals surface area contributed by atoms with E-state index in [2.05, 4.69) is 37.2 Å². The van der Waals surface area contributed by atoms with Crippen LogP contribution in [0.15, 0.2) is 11.8 Å². The van der Waals surface area contributed by atoms with Gasteiger partial charge in [-0.15, -0.1) is 0 Å². The molecule has 0 aromatic rings. The molecule has 2 N–H and O–H groups in total. The van der Waals surface area contributed by atoms with Crippen LogP contribution in [-0.4, -0.2) is 14.0 Å². The van der Waals surface area contributed by atoms with Crippen molar-refractivity contribution in [2.24, 2.45) is 5.73 Å². The minimum absolute atomic E-state index is 0.578. The van der Waals surface area contributed by atoms with E-state index < -0.39 is 14.0 Å². The van der Waals surface area contributed by atoms with Crippen LogP contribution in [0.3, 0.4) is 0 Å². The van der Waals surface area contributed by atoms with Gasteiger partial charge >= 0.3 is 0 Å². The highest BCUT2D eigenvalue weighted by atomic mass is 28.3. The lowest BCUT2D eigenvalue weighted by Gasteiger charge is -2.05. The number of carbonyl (C=O) groups excluding carboxylic acids is 1. The van der Waals surface area contributed by atoms with Crippen LogP contribution < -0.4 is 5.73 Å². The van der Waals surface area contributed by atoms with Gasteiger partial charge in [0.15, 0.2) is 0 Å². The largest absolute Gasteiger partial charge is 0.359 e. The maximum Gasteiger partial charge on any atom is 0.293 e.